The number of ether oxygens (including phenoxy) is 1. The number of hydrogen-bond acceptors (Lipinski definition) is 7. The van der Waals surface area contributed by atoms with Crippen molar-refractivity contribution in [3.05, 3.63) is 71.9 Å². The van der Waals surface area contributed by atoms with Crippen molar-refractivity contribution in [3.63, 3.8) is 0 Å². The number of anilines is 2. The molecule has 1 unspecified atom stereocenters. The van der Waals surface area contributed by atoms with E-state index in [4.69, 9.17) is 15.6 Å². The van der Waals surface area contributed by atoms with Gasteiger partial charge in [0.2, 0.25) is 0 Å². The lowest BCUT2D eigenvalue weighted by molar-refractivity contribution is -0.0103. The number of allylic oxidation sites excluding steroid dienone is 1. The average Bonchev–Trinajstić information content (AvgIpc) is 3.35. The highest BCUT2D eigenvalue weighted by atomic mass is 32.2. The number of sulfonamides is 1. The molecule has 6 rings (SSSR count). The molecule has 220 valence electrons. The van der Waals surface area contributed by atoms with Crippen LogP contribution < -0.4 is 15.8 Å². The molecule has 1 aliphatic carbocycles. The zero-order valence-electron chi connectivity index (χ0n) is 23.3. The summed E-state index contributed by atoms with van der Waals surface area (Å²) in [6.07, 6.45) is 6.74. The normalized spacial score (nSPS) is 17.8. The van der Waals surface area contributed by atoms with E-state index in [0.717, 1.165) is 61.3 Å². The minimum atomic E-state index is -4.35. The minimum Gasteiger partial charge on any atom is -0.383 e. The van der Waals surface area contributed by atoms with Crippen molar-refractivity contribution >= 4 is 38.0 Å². The first-order valence-electron chi connectivity index (χ1n) is 13.9. The van der Waals surface area contributed by atoms with Gasteiger partial charge in [0.15, 0.2) is 0 Å². The molecular formula is C30H32F2N6O3S. The zero-order valence-corrected chi connectivity index (χ0v) is 24.1. The Morgan fingerprint density at radius 3 is 2.52 bits per heavy atom. The van der Waals surface area contributed by atoms with Crippen LogP contribution in [0.1, 0.15) is 44.7 Å². The van der Waals surface area contributed by atoms with Gasteiger partial charge in [0.1, 0.15) is 28.0 Å². The maximum absolute atomic E-state index is 15.4. The smallest absolute Gasteiger partial charge is 0.264 e. The van der Waals surface area contributed by atoms with Gasteiger partial charge in [-0.2, -0.15) is 5.10 Å². The third-order valence-electron chi connectivity index (χ3n) is 7.72. The minimum absolute atomic E-state index is 0.0317. The third kappa shape index (κ3) is 5.25. The van der Waals surface area contributed by atoms with Crippen LogP contribution in [0.25, 0.3) is 27.7 Å². The van der Waals surface area contributed by atoms with Gasteiger partial charge in [-0.15, -0.1) is 0 Å². The van der Waals surface area contributed by atoms with Crippen molar-refractivity contribution in [2.24, 2.45) is 0 Å². The summed E-state index contributed by atoms with van der Waals surface area (Å²) in [5.41, 5.74) is 9.85. The van der Waals surface area contributed by atoms with Crippen molar-refractivity contribution in [1.29, 1.82) is 0 Å². The molecule has 2 aromatic heterocycles. The van der Waals surface area contributed by atoms with Gasteiger partial charge in [0.25, 0.3) is 10.0 Å². The van der Waals surface area contributed by atoms with Gasteiger partial charge >= 0.3 is 0 Å². The van der Waals surface area contributed by atoms with Crippen LogP contribution in [0, 0.1) is 11.6 Å². The summed E-state index contributed by atoms with van der Waals surface area (Å²) in [7, 11) is -4.35. The summed E-state index contributed by atoms with van der Waals surface area (Å²) in [4.78, 5) is 3.92. The number of nitrogen functional groups attached to an aromatic ring is 1. The van der Waals surface area contributed by atoms with E-state index in [-0.39, 0.29) is 17.5 Å². The van der Waals surface area contributed by atoms with Crippen molar-refractivity contribution in [2.75, 3.05) is 23.7 Å². The van der Waals surface area contributed by atoms with Crippen LogP contribution in [0.5, 0.6) is 0 Å². The molecule has 0 spiro atoms. The first-order valence-corrected chi connectivity index (χ1v) is 15.4. The molecule has 4 aromatic rings. The van der Waals surface area contributed by atoms with Gasteiger partial charge in [-0.05, 0) is 62.9 Å². The fourth-order valence-corrected chi connectivity index (χ4v) is 6.66. The highest BCUT2D eigenvalue weighted by Crippen LogP contribution is 2.40. The molecule has 12 heteroatoms. The molecule has 1 atom stereocenters. The van der Waals surface area contributed by atoms with Gasteiger partial charge < -0.3 is 15.8 Å². The molecular weight excluding hydrogens is 562 g/mol. The maximum atomic E-state index is 15.4. The second kappa shape index (κ2) is 11.1. The Hall–Kier alpha value is -3.87. The van der Waals surface area contributed by atoms with E-state index >= 15 is 4.39 Å². The van der Waals surface area contributed by atoms with Crippen LogP contribution in [-0.4, -0.2) is 48.5 Å². The second-order valence-electron chi connectivity index (χ2n) is 11.0. The van der Waals surface area contributed by atoms with Crippen LogP contribution in [0.3, 0.4) is 0 Å². The number of nitrogens with one attached hydrogen (secondary N) is 2. The number of hydrogen-bond donors (Lipinski definition) is 3. The van der Waals surface area contributed by atoms with E-state index in [1.807, 2.05) is 18.5 Å². The number of pyridine rings is 1. The first-order chi connectivity index (χ1) is 20.1. The molecule has 0 saturated carbocycles. The van der Waals surface area contributed by atoms with Gasteiger partial charge in [0.05, 0.1) is 35.8 Å². The number of aromatic nitrogens is 3. The monoisotopic (exact) mass is 594 g/mol. The van der Waals surface area contributed by atoms with Crippen molar-refractivity contribution in [3.8, 4) is 11.3 Å². The van der Waals surface area contributed by atoms with E-state index in [1.165, 1.54) is 24.3 Å². The second-order valence-corrected chi connectivity index (χ2v) is 12.7. The van der Waals surface area contributed by atoms with E-state index < -0.39 is 26.6 Å². The van der Waals surface area contributed by atoms with Crippen LogP contribution >= 0.6 is 0 Å². The predicted molar refractivity (Wildman–Crippen MR) is 158 cm³/mol. The lowest BCUT2D eigenvalue weighted by atomic mass is 9.89. The van der Waals surface area contributed by atoms with Crippen LogP contribution in [0.15, 0.2) is 59.6 Å². The third-order valence-corrected chi connectivity index (χ3v) is 9.12. The molecule has 0 amide bonds. The summed E-state index contributed by atoms with van der Waals surface area (Å²) in [6.45, 7) is 5.53. The molecule has 2 aliphatic rings. The molecule has 0 bridgehead atoms. The van der Waals surface area contributed by atoms with Gasteiger partial charge in [0, 0.05) is 29.4 Å². The molecule has 3 heterocycles. The number of nitrogens with zero attached hydrogens (tertiary/aromatic N) is 3. The highest BCUT2D eigenvalue weighted by Gasteiger charge is 2.27. The van der Waals surface area contributed by atoms with Crippen molar-refractivity contribution < 1.29 is 21.9 Å². The summed E-state index contributed by atoms with van der Waals surface area (Å²) >= 11 is 0. The highest BCUT2D eigenvalue weighted by molar-refractivity contribution is 7.92. The number of rotatable bonds is 8. The molecule has 1 saturated heterocycles. The van der Waals surface area contributed by atoms with Gasteiger partial charge in [-0.1, -0.05) is 24.3 Å². The fraction of sp³-hybridized carbons (Fsp3) is 0.333. The molecule has 9 nitrogen and oxygen atoms in total. The Balaban J connectivity index is 1.36. The Bertz CT molecular complexity index is 1800. The van der Waals surface area contributed by atoms with Crippen molar-refractivity contribution in [2.45, 2.75) is 56.1 Å². The largest absolute Gasteiger partial charge is 0.383 e. The summed E-state index contributed by atoms with van der Waals surface area (Å²) in [6, 6.07) is 9.73. The lowest BCUT2D eigenvalue weighted by Gasteiger charge is -2.33. The number of fused-ring (bicyclic) bond motifs is 1. The van der Waals surface area contributed by atoms with Crippen LogP contribution in [0.4, 0.5) is 20.3 Å². The molecule has 42 heavy (non-hydrogen) atoms. The van der Waals surface area contributed by atoms with E-state index in [1.54, 1.807) is 12.3 Å². The van der Waals surface area contributed by atoms with Crippen LogP contribution in [0.2, 0.25) is 0 Å². The maximum Gasteiger partial charge on any atom is 0.264 e. The van der Waals surface area contributed by atoms with E-state index in [9.17, 15) is 12.8 Å². The molecule has 0 radical (unpaired) electrons. The summed E-state index contributed by atoms with van der Waals surface area (Å²) < 4.78 is 64.2. The number of benzene rings is 2. The van der Waals surface area contributed by atoms with Gasteiger partial charge in [-0.3, -0.25) is 9.40 Å². The Morgan fingerprint density at radius 2 is 1.88 bits per heavy atom. The summed E-state index contributed by atoms with van der Waals surface area (Å²) in [5, 5.41) is 9.09. The standard InChI is InChI=1S/C30H32F2N6O3S/c1-17(2)38-29-22(18-7-10-20(11-8-18)35-21-15-41-16-21)14-34-30(33)27(29)28(36-38)19-9-12-25(24(32)13-19)37-42(39,40)26-6-4-3-5-23(26)31/h3-7,9,12-14,17,20-21,35,37H,8,10-11,15-16H2,1-2H3,(H2,33,34). The number of halogens is 2. The number of nitrogens with two attached hydrogens (primary N) is 1. The van der Waals surface area contributed by atoms with Gasteiger partial charge in [-0.25, -0.2) is 22.2 Å². The molecule has 1 aliphatic heterocycles. The Morgan fingerprint density at radius 1 is 1.10 bits per heavy atom. The Labute approximate surface area is 242 Å². The SMILES string of the molecule is CC(C)n1nc(-c2ccc(NS(=O)(=O)c3ccccc3F)c(F)c2)c2c(N)ncc(C3=CCC(NC4COC4)CC3)c21. The molecule has 4 N–H and O–H groups in total. The quantitative estimate of drug-likeness (QED) is 0.254. The fourth-order valence-electron chi connectivity index (χ4n) is 5.51. The van der Waals surface area contributed by atoms with Crippen LogP contribution in [-0.2, 0) is 14.8 Å². The molecule has 2 aromatic carbocycles. The molecule has 1 fully saturated rings. The topological polar surface area (TPSA) is 124 Å². The summed E-state index contributed by atoms with van der Waals surface area (Å²) in [5.74, 6) is -1.51. The first kappa shape index (κ1) is 28.3. The van der Waals surface area contributed by atoms with Crippen molar-refractivity contribution in [1.82, 2.24) is 20.1 Å². The lowest BCUT2D eigenvalue weighted by Crippen LogP contribution is -2.50. The predicted octanol–water partition coefficient (Wildman–Crippen LogP) is 5.26. The zero-order chi connectivity index (χ0) is 29.6. The van der Waals surface area contributed by atoms with E-state index in [2.05, 4.69) is 21.1 Å². The average molecular weight is 595 g/mol. The van der Waals surface area contributed by atoms with E-state index in [0.29, 0.717) is 28.7 Å². The Kier molecular flexibility index (Phi) is 7.46.